The molecule has 0 spiro atoms. The maximum atomic E-state index is 14.4. The summed E-state index contributed by atoms with van der Waals surface area (Å²) in [6.45, 7) is 6.72. The first-order valence-electron chi connectivity index (χ1n) is 12.5. The van der Waals surface area contributed by atoms with E-state index < -0.39 is 18.0 Å². The van der Waals surface area contributed by atoms with E-state index in [1.807, 2.05) is 6.07 Å². The Morgan fingerprint density at radius 1 is 1.18 bits per heavy atom. The van der Waals surface area contributed by atoms with Crippen molar-refractivity contribution in [3.63, 3.8) is 0 Å². The van der Waals surface area contributed by atoms with E-state index >= 15 is 0 Å². The molecule has 0 bridgehead atoms. The van der Waals surface area contributed by atoms with Crippen LogP contribution in [0, 0.1) is 12.7 Å². The van der Waals surface area contributed by atoms with Gasteiger partial charge in [0.25, 0.3) is 5.91 Å². The largest absolute Gasteiger partial charge is 0.490 e. The molecule has 1 fully saturated rings. The Hall–Kier alpha value is -4.27. The van der Waals surface area contributed by atoms with Gasteiger partial charge in [0.05, 0.1) is 22.6 Å². The number of hydrogen-bond acceptors (Lipinski definition) is 7. The number of hydrogen-bond donors (Lipinski definition) is 3. The van der Waals surface area contributed by atoms with E-state index in [0.717, 1.165) is 38.2 Å². The summed E-state index contributed by atoms with van der Waals surface area (Å²) in [7, 11) is 1.77. The molecule has 1 aliphatic rings. The maximum absolute atomic E-state index is 14.4. The summed E-state index contributed by atoms with van der Waals surface area (Å²) in [6.07, 6.45) is 0.391. The summed E-state index contributed by atoms with van der Waals surface area (Å²) < 4.78 is 49.4. The number of piperidine rings is 1. The van der Waals surface area contributed by atoms with E-state index in [1.54, 1.807) is 41.5 Å². The van der Waals surface area contributed by atoms with E-state index in [0.29, 0.717) is 34.0 Å². The first-order valence-corrected chi connectivity index (χ1v) is 12.5. The van der Waals surface area contributed by atoms with Gasteiger partial charge in [-0.2, -0.15) is 13.2 Å². The molecular weight excluding hydrogens is 536 g/mol. The predicted molar refractivity (Wildman–Crippen MR) is 139 cm³/mol. The zero-order chi connectivity index (χ0) is 29.2. The Kier molecular flexibility index (Phi) is 8.23. The lowest BCUT2D eigenvalue weighted by atomic mass is 10.0. The Bertz CT molecular complexity index is 1540. The van der Waals surface area contributed by atoms with Crippen molar-refractivity contribution in [2.45, 2.75) is 38.9 Å². The zero-order valence-electron chi connectivity index (χ0n) is 22.0. The molecule has 40 heavy (non-hydrogen) atoms. The monoisotopic (exact) mass is 564 g/mol. The highest BCUT2D eigenvalue weighted by molar-refractivity contribution is 6.13. The van der Waals surface area contributed by atoms with E-state index in [9.17, 15) is 22.4 Å². The second kappa shape index (κ2) is 11.5. The number of carbonyl (C=O) groups is 2. The molecule has 15 heteroatoms. The lowest BCUT2D eigenvalue weighted by Gasteiger charge is -2.34. The Labute approximate surface area is 225 Å². The van der Waals surface area contributed by atoms with Gasteiger partial charge in [0, 0.05) is 44.6 Å². The van der Waals surface area contributed by atoms with Crippen LogP contribution in [0.1, 0.15) is 35.8 Å². The van der Waals surface area contributed by atoms with Crippen molar-refractivity contribution in [3.05, 3.63) is 47.7 Å². The predicted octanol–water partition coefficient (Wildman–Crippen LogP) is 3.53. The number of alkyl halides is 3. The molecule has 4 aromatic rings. The van der Waals surface area contributed by atoms with E-state index in [2.05, 4.69) is 37.8 Å². The fourth-order valence-electron chi connectivity index (χ4n) is 4.65. The van der Waals surface area contributed by atoms with Gasteiger partial charge < -0.3 is 25.0 Å². The molecule has 5 rings (SSSR count). The lowest BCUT2D eigenvalue weighted by molar-refractivity contribution is -0.192. The standard InChI is InChI=1S/C23H27FN8O.C2HF3O2/c1-4-25-15-7-9-31(10-8-15)19-6-5-17(21-20(19)28-29-30(21)3)23(33)27-16-11-18(24)22-26-14(2)12-32(22)13-16;3-2(4,5)1(6)7/h5-6,11-13,15,25H,4,7-10H2,1-3H3,(H,27,33);(H,6,7). The third-order valence-electron chi connectivity index (χ3n) is 6.43. The minimum absolute atomic E-state index is 0.228. The summed E-state index contributed by atoms with van der Waals surface area (Å²) >= 11 is 0. The SMILES string of the molecule is CCNC1CCN(c2ccc(C(=O)Nc3cc(F)c4nc(C)cn4c3)c3c2nnn3C)CC1.O=C(O)C(F)(F)F. The van der Waals surface area contributed by atoms with Crippen LogP contribution in [0.2, 0.25) is 0 Å². The molecule has 11 nitrogen and oxygen atoms in total. The number of carboxylic acids is 1. The smallest absolute Gasteiger partial charge is 0.475 e. The minimum Gasteiger partial charge on any atom is -0.475 e. The quantitative estimate of drug-likeness (QED) is 0.314. The van der Waals surface area contributed by atoms with Crippen molar-refractivity contribution in [1.82, 2.24) is 29.7 Å². The molecule has 1 aromatic carbocycles. The number of halogens is 4. The molecule has 0 saturated carbocycles. The number of amides is 1. The molecule has 4 heterocycles. The molecule has 3 aromatic heterocycles. The number of benzene rings is 1. The summed E-state index contributed by atoms with van der Waals surface area (Å²) in [4.78, 5) is 28.5. The Morgan fingerprint density at radius 2 is 1.85 bits per heavy atom. The van der Waals surface area contributed by atoms with Crippen molar-refractivity contribution < 1.29 is 32.3 Å². The number of aryl methyl sites for hydroxylation is 2. The van der Waals surface area contributed by atoms with Gasteiger partial charge in [0.2, 0.25) is 0 Å². The van der Waals surface area contributed by atoms with Crippen molar-refractivity contribution in [2.75, 3.05) is 29.9 Å². The number of aliphatic carboxylic acids is 1. The molecule has 0 atom stereocenters. The van der Waals surface area contributed by atoms with Crippen LogP contribution in [0.4, 0.5) is 28.9 Å². The van der Waals surface area contributed by atoms with Crippen LogP contribution in [-0.4, -0.2) is 73.2 Å². The van der Waals surface area contributed by atoms with Crippen molar-refractivity contribution in [1.29, 1.82) is 0 Å². The molecule has 214 valence electrons. The number of nitrogens with one attached hydrogen (secondary N) is 2. The number of carboxylic acid groups (broad SMARTS) is 1. The molecule has 1 aliphatic heterocycles. The summed E-state index contributed by atoms with van der Waals surface area (Å²) in [5, 5.41) is 22.0. The van der Waals surface area contributed by atoms with Gasteiger partial charge in [0.1, 0.15) is 11.0 Å². The van der Waals surface area contributed by atoms with Crippen LogP contribution >= 0.6 is 0 Å². The second-order valence-corrected chi connectivity index (χ2v) is 9.31. The van der Waals surface area contributed by atoms with Crippen LogP contribution in [0.15, 0.2) is 30.6 Å². The van der Waals surface area contributed by atoms with Crippen LogP contribution in [-0.2, 0) is 11.8 Å². The number of imidazole rings is 1. The van der Waals surface area contributed by atoms with Crippen molar-refractivity contribution >= 4 is 39.9 Å². The average molecular weight is 565 g/mol. The molecule has 1 saturated heterocycles. The number of fused-ring (bicyclic) bond motifs is 2. The molecule has 0 aliphatic carbocycles. The molecule has 0 unspecified atom stereocenters. The topological polar surface area (TPSA) is 130 Å². The second-order valence-electron chi connectivity index (χ2n) is 9.31. The van der Waals surface area contributed by atoms with E-state index in [1.165, 1.54) is 6.07 Å². The minimum atomic E-state index is -5.08. The Balaban J connectivity index is 0.000000470. The number of nitrogens with zero attached hydrogens (tertiary/aromatic N) is 6. The summed E-state index contributed by atoms with van der Waals surface area (Å²) in [5.74, 6) is -3.60. The number of pyridine rings is 1. The third-order valence-corrected chi connectivity index (χ3v) is 6.43. The van der Waals surface area contributed by atoms with Gasteiger partial charge in [0.15, 0.2) is 11.5 Å². The fraction of sp³-hybridized carbons (Fsp3) is 0.400. The molecule has 1 amide bonds. The number of aromatic nitrogens is 5. The van der Waals surface area contributed by atoms with E-state index in [4.69, 9.17) is 9.90 Å². The number of carbonyl (C=O) groups excluding carboxylic acids is 1. The van der Waals surface area contributed by atoms with Crippen molar-refractivity contribution in [3.8, 4) is 0 Å². The van der Waals surface area contributed by atoms with Gasteiger partial charge in [-0.15, -0.1) is 5.10 Å². The number of anilines is 2. The van der Waals surface area contributed by atoms with Gasteiger partial charge >= 0.3 is 12.1 Å². The fourth-order valence-corrected chi connectivity index (χ4v) is 4.65. The maximum Gasteiger partial charge on any atom is 0.490 e. The van der Waals surface area contributed by atoms with Crippen molar-refractivity contribution in [2.24, 2.45) is 7.05 Å². The van der Waals surface area contributed by atoms with Gasteiger partial charge in [-0.1, -0.05) is 12.1 Å². The first kappa shape index (κ1) is 28.7. The van der Waals surface area contributed by atoms with Crippen LogP contribution in [0.5, 0.6) is 0 Å². The highest BCUT2D eigenvalue weighted by Crippen LogP contribution is 2.30. The number of rotatable bonds is 5. The Morgan fingerprint density at radius 3 is 2.48 bits per heavy atom. The zero-order valence-corrected chi connectivity index (χ0v) is 22.0. The highest BCUT2D eigenvalue weighted by Gasteiger charge is 2.38. The average Bonchev–Trinajstić information content (AvgIpc) is 3.46. The third kappa shape index (κ3) is 6.14. The van der Waals surface area contributed by atoms with Crippen LogP contribution in [0.25, 0.3) is 16.7 Å². The molecular formula is C25H28F4N8O3. The van der Waals surface area contributed by atoms with Crippen LogP contribution in [0.3, 0.4) is 0 Å². The molecule has 3 N–H and O–H groups in total. The van der Waals surface area contributed by atoms with Crippen LogP contribution < -0.4 is 15.5 Å². The van der Waals surface area contributed by atoms with Gasteiger partial charge in [-0.3, -0.25) is 4.79 Å². The molecule has 0 radical (unpaired) electrons. The lowest BCUT2D eigenvalue weighted by Crippen LogP contribution is -2.42. The summed E-state index contributed by atoms with van der Waals surface area (Å²) in [5.41, 5.74) is 4.03. The van der Waals surface area contributed by atoms with Gasteiger partial charge in [-0.05, 0) is 38.4 Å². The first-order chi connectivity index (χ1) is 18.9. The van der Waals surface area contributed by atoms with E-state index in [-0.39, 0.29) is 11.6 Å². The summed E-state index contributed by atoms with van der Waals surface area (Å²) in [6, 6.07) is 5.54. The van der Waals surface area contributed by atoms with Gasteiger partial charge in [-0.25, -0.2) is 18.9 Å². The highest BCUT2D eigenvalue weighted by atomic mass is 19.4. The normalized spacial score (nSPS) is 14.3.